The highest BCUT2D eigenvalue weighted by molar-refractivity contribution is 5.98. The van der Waals surface area contributed by atoms with Crippen molar-refractivity contribution < 1.29 is 9.53 Å². The van der Waals surface area contributed by atoms with E-state index in [2.05, 4.69) is 10.1 Å². The Balaban J connectivity index is 1.43. The van der Waals surface area contributed by atoms with Gasteiger partial charge in [-0.15, -0.1) is 0 Å². The smallest absolute Gasteiger partial charge is 0.253 e. The van der Waals surface area contributed by atoms with Gasteiger partial charge in [0.2, 0.25) is 5.88 Å². The van der Waals surface area contributed by atoms with Crippen LogP contribution in [0.25, 0.3) is 10.9 Å². The van der Waals surface area contributed by atoms with Gasteiger partial charge in [-0.25, -0.2) is 9.67 Å². The average Bonchev–Trinajstić information content (AvgIpc) is 3.03. The van der Waals surface area contributed by atoms with Gasteiger partial charge in [0.25, 0.3) is 11.5 Å². The normalized spacial score (nSPS) is 15.1. The molecule has 0 saturated carbocycles. The number of piperidine rings is 1. The van der Waals surface area contributed by atoms with Crippen molar-refractivity contribution in [3.8, 4) is 5.88 Å². The zero-order valence-corrected chi connectivity index (χ0v) is 16.0. The first-order chi connectivity index (χ1) is 13.6. The second-order valence-electron chi connectivity index (χ2n) is 7.17. The fourth-order valence-electron chi connectivity index (χ4n) is 3.85. The zero-order chi connectivity index (χ0) is 19.7. The van der Waals surface area contributed by atoms with E-state index >= 15 is 0 Å². The van der Waals surface area contributed by atoms with Crippen LogP contribution >= 0.6 is 0 Å². The number of aromatic nitrogens is 4. The maximum atomic E-state index is 12.9. The van der Waals surface area contributed by atoms with Crippen LogP contribution in [0.5, 0.6) is 5.88 Å². The Morgan fingerprint density at radius 3 is 2.75 bits per heavy atom. The molecule has 28 heavy (non-hydrogen) atoms. The minimum absolute atomic E-state index is 0.0171. The molecule has 0 N–H and O–H groups in total. The minimum atomic E-state index is -0.0346. The summed E-state index contributed by atoms with van der Waals surface area (Å²) in [5.74, 6) is 1.07. The third-order valence-electron chi connectivity index (χ3n) is 5.37. The molecule has 0 bridgehead atoms. The van der Waals surface area contributed by atoms with Crippen molar-refractivity contribution >= 4 is 16.8 Å². The van der Waals surface area contributed by atoms with E-state index in [1.807, 2.05) is 30.1 Å². The zero-order valence-electron chi connectivity index (χ0n) is 16.0. The van der Waals surface area contributed by atoms with E-state index in [0.717, 1.165) is 23.7 Å². The Labute approximate surface area is 162 Å². The number of methoxy groups -OCH3 is 1. The lowest BCUT2D eigenvalue weighted by atomic mass is 9.96. The lowest BCUT2D eigenvalue weighted by Gasteiger charge is -2.32. The predicted molar refractivity (Wildman–Crippen MR) is 104 cm³/mol. The first kappa shape index (κ1) is 18.2. The lowest BCUT2D eigenvalue weighted by Crippen LogP contribution is -2.40. The number of likely N-dealkylation sites (tertiary alicyclic amines) is 1. The highest BCUT2D eigenvalue weighted by Gasteiger charge is 2.24. The van der Waals surface area contributed by atoms with Crippen LogP contribution in [0.1, 0.15) is 23.2 Å². The third-order valence-corrected chi connectivity index (χ3v) is 5.37. The number of carbonyl (C=O) groups excluding carboxylic acids is 1. The Hall–Kier alpha value is -3.16. The standard InChI is InChI=1S/C20H23N5O3/c1-23-20(28-2)16-4-3-15(11-17(16)22-23)19(27)24-9-6-14(7-10-24)12-25-13-21-8-5-18(25)26/h3-5,8,11,13-14H,6-7,9-10,12H2,1-2H3. The molecule has 3 aromatic rings. The van der Waals surface area contributed by atoms with E-state index in [4.69, 9.17) is 4.74 Å². The van der Waals surface area contributed by atoms with E-state index in [0.29, 0.717) is 37.0 Å². The van der Waals surface area contributed by atoms with Crippen molar-refractivity contribution in [3.05, 3.63) is 52.7 Å². The summed E-state index contributed by atoms with van der Waals surface area (Å²) >= 11 is 0. The minimum Gasteiger partial charge on any atom is -0.481 e. The molecule has 4 rings (SSSR count). The fraction of sp³-hybridized carbons (Fsp3) is 0.400. The number of nitrogens with zero attached hydrogens (tertiary/aromatic N) is 5. The Morgan fingerprint density at radius 1 is 1.25 bits per heavy atom. The second-order valence-corrected chi connectivity index (χ2v) is 7.17. The van der Waals surface area contributed by atoms with Crippen molar-refractivity contribution in [3.63, 3.8) is 0 Å². The topological polar surface area (TPSA) is 82.2 Å². The van der Waals surface area contributed by atoms with Gasteiger partial charge in [0.1, 0.15) is 0 Å². The molecule has 1 fully saturated rings. The lowest BCUT2D eigenvalue weighted by molar-refractivity contribution is 0.0682. The molecular formula is C20H23N5O3. The highest BCUT2D eigenvalue weighted by atomic mass is 16.5. The van der Waals surface area contributed by atoms with Gasteiger partial charge in [0.05, 0.1) is 24.3 Å². The SMILES string of the molecule is COc1c2ccc(C(=O)N3CCC(Cn4cnccc4=O)CC3)cc2nn1C. The van der Waals surface area contributed by atoms with Crippen LogP contribution in [-0.4, -0.2) is 50.3 Å². The molecule has 1 aliphatic heterocycles. The molecule has 1 aromatic carbocycles. The monoisotopic (exact) mass is 381 g/mol. The fourth-order valence-corrected chi connectivity index (χ4v) is 3.85. The van der Waals surface area contributed by atoms with Crippen LogP contribution in [0.4, 0.5) is 0 Å². The summed E-state index contributed by atoms with van der Waals surface area (Å²) in [4.78, 5) is 30.7. The van der Waals surface area contributed by atoms with Crippen LogP contribution in [0, 0.1) is 5.92 Å². The molecule has 0 spiro atoms. The Bertz CT molecular complexity index is 1060. The number of fused-ring (bicyclic) bond motifs is 1. The number of amides is 1. The first-order valence-electron chi connectivity index (χ1n) is 9.37. The largest absolute Gasteiger partial charge is 0.481 e. The number of hydrogen-bond donors (Lipinski definition) is 0. The van der Waals surface area contributed by atoms with Gasteiger partial charge in [-0.3, -0.25) is 14.2 Å². The van der Waals surface area contributed by atoms with Gasteiger partial charge < -0.3 is 9.64 Å². The number of aryl methyl sites for hydroxylation is 1. The van der Waals surface area contributed by atoms with Gasteiger partial charge in [0.15, 0.2) is 0 Å². The van der Waals surface area contributed by atoms with E-state index in [9.17, 15) is 9.59 Å². The molecule has 0 aliphatic carbocycles. The predicted octanol–water partition coefficient (Wildman–Crippen LogP) is 1.69. The summed E-state index contributed by atoms with van der Waals surface area (Å²) in [5.41, 5.74) is 1.35. The van der Waals surface area contributed by atoms with E-state index in [-0.39, 0.29) is 11.5 Å². The summed E-state index contributed by atoms with van der Waals surface area (Å²) in [6.45, 7) is 2.01. The highest BCUT2D eigenvalue weighted by Crippen LogP contribution is 2.26. The van der Waals surface area contributed by atoms with Crippen molar-refractivity contribution in [2.45, 2.75) is 19.4 Å². The molecule has 1 aliphatic rings. The van der Waals surface area contributed by atoms with E-state index < -0.39 is 0 Å². The molecule has 0 atom stereocenters. The van der Waals surface area contributed by atoms with E-state index in [1.165, 1.54) is 12.3 Å². The maximum Gasteiger partial charge on any atom is 0.253 e. The molecular weight excluding hydrogens is 358 g/mol. The van der Waals surface area contributed by atoms with Gasteiger partial charge in [-0.05, 0) is 37.0 Å². The van der Waals surface area contributed by atoms with Gasteiger partial charge in [-0.2, -0.15) is 5.10 Å². The van der Waals surface area contributed by atoms with Gasteiger partial charge >= 0.3 is 0 Å². The molecule has 3 heterocycles. The van der Waals surface area contributed by atoms with Gasteiger partial charge in [0, 0.05) is 44.5 Å². The van der Waals surface area contributed by atoms with E-state index in [1.54, 1.807) is 22.7 Å². The second kappa shape index (κ2) is 7.46. The summed E-state index contributed by atoms with van der Waals surface area (Å²) < 4.78 is 8.68. The summed E-state index contributed by atoms with van der Waals surface area (Å²) in [6, 6.07) is 7.01. The van der Waals surface area contributed by atoms with Crippen LogP contribution in [-0.2, 0) is 13.6 Å². The third kappa shape index (κ3) is 3.37. The van der Waals surface area contributed by atoms with Crippen molar-refractivity contribution in [2.24, 2.45) is 13.0 Å². The summed E-state index contributed by atoms with van der Waals surface area (Å²) in [6.07, 6.45) is 4.82. The molecule has 2 aromatic heterocycles. The van der Waals surface area contributed by atoms with Crippen LogP contribution in [0.15, 0.2) is 41.6 Å². The van der Waals surface area contributed by atoms with Crippen molar-refractivity contribution in [1.29, 1.82) is 0 Å². The molecule has 146 valence electrons. The summed E-state index contributed by atoms with van der Waals surface area (Å²) in [5, 5.41) is 5.31. The first-order valence-corrected chi connectivity index (χ1v) is 9.37. The van der Waals surface area contributed by atoms with Crippen molar-refractivity contribution in [2.75, 3.05) is 20.2 Å². The Kier molecular flexibility index (Phi) is 4.85. The summed E-state index contributed by atoms with van der Waals surface area (Å²) in [7, 11) is 3.43. The molecule has 1 amide bonds. The van der Waals surface area contributed by atoms with Crippen LogP contribution in [0.2, 0.25) is 0 Å². The number of benzene rings is 1. The quantitative estimate of drug-likeness (QED) is 0.687. The van der Waals surface area contributed by atoms with Crippen LogP contribution in [0.3, 0.4) is 0 Å². The number of hydrogen-bond acceptors (Lipinski definition) is 5. The number of carbonyl (C=O) groups is 1. The number of rotatable bonds is 4. The molecule has 8 heteroatoms. The van der Waals surface area contributed by atoms with Crippen LogP contribution < -0.4 is 10.3 Å². The Morgan fingerprint density at radius 2 is 2.04 bits per heavy atom. The molecule has 0 unspecified atom stereocenters. The average molecular weight is 381 g/mol. The molecule has 1 saturated heterocycles. The molecule has 0 radical (unpaired) electrons. The molecule has 8 nitrogen and oxygen atoms in total. The maximum absolute atomic E-state index is 12.9. The number of ether oxygens (including phenoxy) is 1. The van der Waals surface area contributed by atoms with Crippen molar-refractivity contribution in [1.82, 2.24) is 24.2 Å². The van der Waals surface area contributed by atoms with Gasteiger partial charge in [-0.1, -0.05) is 0 Å².